The first-order chi connectivity index (χ1) is 14.0. The van der Waals surface area contributed by atoms with E-state index < -0.39 is 0 Å². The molecule has 0 spiro atoms. The minimum absolute atomic E-state index is 0.00700. The summed E-state index contributed by atoms with van der Waals surface area (Å²) < 4.78 is 2.24. The maximum absolute atomic E-state index is 12.7. The summed E-state index contributed by atoms with van der Waals surface area (Å²) >= 11 is 6.01. The van der Waals surface area contributed by atoms with Gasteiger partial charge in [0.25, 0.3) is 0 Å². The molecule has 1 aromatic carbocycles. The van der Waals surface area contributed by atoms with Crippen molar-refractivity contribution in [2.24, 2.45) is 5.92 Å². The van der Waals surface area contributed by atoms with Crippen LogP contribution in [0.2, 0.25) is 5.02 Å². The van der Waals surface area contributed by atoms with Crippen molar-refractivity contribution < 1.29 is 4.79 Å². The maximum atomic E-state index is 12.7. The molecule has 0 radical (unpaired) electrons. The van der Waals surface area contributed by atoms with E-state index in [1.165, 1.54) is 11.4 Å². The highest BCUT2D eigenvalue weighted by molar-refractivity contribution is 6.30. The van der Waals surface area contributed by atoms with Crippen molar-refractivity contribution in [1.82, 2.24) is 9.55 Å². The van der Waals surface area contributed by atoms with Crippen LogP contribution >= 0.6 is 11.6 Å². The van der Waals surface area contributed by atoms with Gasteiger partial charge in [-0.05, 0) is 69.2 Å². The summed E-state index contributed by atoms with van der Waals surface area (Å²) in [7, 11) is 0. The zero-order valence-electron chi connectivity index (χ0n) is 16.7. The van der Waals surface area contributed by atoms with Gasteiger partial charge in [-0.15, -0.1) is 0 Å². The summed E-state index contributed by atoms with van der Waals surface area (Å²) in [4.78, 5) is 19.6. The van der Waals surface area contributed by atoms with Gasteiger partial charge in [0.05, 0.1) is 5.69 Å². The Bertz CT molecular complexity index is 1000. The Morgan fingerprint density at radius 3 is 2.48 bits per heavy atom. The first-order valence-corrected chi connectivity index (χ1v) is 10.3. The highest BCUT2D eigenvalue weighted by Gasteiger charge is 2.27. The van der Waals surface area contributed by atoms with Crippen LogP contribution in [0.5, 0.6) is 0 Å². The third kappa shape index (κ3) is 4.15. The quantitative estimate of drug-likeness (QED) is 0.661. The lowest BCUT2D eigenvalue weighted by Gasteiger charge is -2.33. The van der Waals surface area contributed by atoms with Crippen molar-refractivity contribution >= 4 is 29.0 Å². The molecule has 0 atom stereocenters. The minimum Gasteiger partial charge on any atom is -0.355 e. The Hall–Kier alpha value is -2.79. The first-order valence-electron chi connectivity index (χ1n) is 9.94. The smallest absolute Gasteiger partial charge is 0.227 e. The second-order valence-corrected chi connectivity index (χ2v) is 7.99. The van der Waals surface area contributed by atoms with Gasteiger partial charge in [0.1, 0.15) is 0 Å². The highest BCUT2D eigenvalue weighted by atomic mass is 35.5. The van der Waals surface area contributed by atoms with E-state index in [4.69, 9.17) is 11.6 Å². The molecule has 3 heterocycles. The summed E-state index contributed by atoms with van der Waals surface area (Å²) in [5, 5.41) is 3.62. The van der Waals surface area contributed by atoms with Crippen molar-refractivity contribution in [2.75, 3.05) is 23.3 Å². The molecule has 2 aromatic heterocycles. The van der Waals surface area contributed by atoms with Crippen LogP contribution in [-0.2, 0) is 4.79 Å². The van der Waals surface area contributed by atoms with Crippen LogP contribution in [0.1, 0.15) is 24.2 Å². The van der Waals surface area contributed by atoms with E-state index in [9.17, 15) is 4.79 Å². The standard InChI is InChI=1S/C23H25ClN4O/c1-16-8-9-17(2)28(16)21-7-4-12-25-22(21)27-13-10-18(11-14-27)23(29)26-20-6-3-5-19(24)15-20/h3-9,12,15,18H,10-11,13-14H2,1-2H3,(H,26,29). The normalized spacial score (nSPS) is 14.8. The number of benzene rings is 1. The van der Waals surface area contributed by atoms with Crippen molar-refractivity contribution in [1.29, 1.82) is 0 Å². The SMILES string of the molecule is Cc1ccc(C)n1-c1cccnc1N1CCC(C(=O)Nc2cccc(Cl)c2)CC1. The molecule has 1 saturated heterocycles. The van der Waals surface area contributed by atoms with Crippen LogP contribution in [-0.4, -0.2) is 28.5 Å². The summed E-state index contributed by atoms with van der Waals surface area (Å²) in [5.74, 6) is 1.03. The molecule has 0 unspecified atom stereocenters. The van der Waals surface area contributed by atoms with E-state index in [-0.39, 0.29) is 11.8 Å². The molecule has 3 aromatic rings. The van der Waals surface area contributed by atoms with Crippen molar-refractivity contribution in [3.05, 3.63) is 71.1 Å². The molecule has 0 bridgehead atoms. The van der Waals surface area contributed by atoms with Crippen LogP contribution in [0.15, 0.2) is 54.7 Å². The molecular weight excluding hydrogens is 384 g/mol. The number of aromatic nitrogens is 2. The molecule has 4 rings (SSSR count). The molecule has 5 nitrogen and oxygen atoms in total. The van der Waals surface area contributed by atoms with Gasteiger partial charge in [-0.1, -0.05) is 17.7 Å². The predicted octanol–water partition coefficient (Wildman–Crippen LogP) is 5.00. The molecule has 150 valence electrons. The topological polar surface area (TPSA) is 50.2 Å². The van der Waals surface area contributed by atoms with Gasteiger partial charge in [0.15, 0.2) is 5.82 Å². The number of piperidine rings is 1. The number of anilines is 2. The lowest BCUT2D eigenvalue weighted by Crippen LogP contribution is -2.39. The van der Waals surface area contributed by atoms with E-state index in [0.29, 0.717) is 5.02 Å². The third-order valence-electron chi connectivity index (χ3n) is 5.54. The molecule has 0 saturated carbocycles. The molecule has 29 heavy (non-hydrogen) atoms. The first kappa shape index (κ1) is 19.5. The second-order valence-electron chi connectivity index (χ2n) is 7.56. The van der Waals surface area contributed by atoms with Crippen LogP contribution in [0.25, 0.3) is 5.69 Å². The lowest BCUT2D eigenvalue weighted by molar-refractivity contribution is -0.120. The summed E-state index contributed by atoms with van der Waals surface area (Å²) in [5.41, 5.74) is 4.21. The molecular formula is C23H25ClN4O. The molecule has 6 heteroatoms. The van der Waals surface area contributed by atoms with Crippen LogP contribution in [0.3, 0.4) is 0 Å². The number of nitrogens with zero attached hydrogens (tertiary/aromatic N) is 3. The van der Waals surface area contributed by atoms with E-state index in [1.807, 2.05) is 24.4 Å². The molecule has 1 aliphatic heterocycles. The Balaban J connectivity index is 1.46. The fourth-order valence-corrected chi connectivity index (χ4v) is 4.21. The molecule has 1 N–H and O–H groups in total. The Morgan fingerprint density at radius 1 is 1.07 bits per heavy atom. The number of nitrogens with one attached hydrogen (secondary N) is 1. The van der Waals surface area contributed by atoms with Crippen LogP contribution in [0, 0.1) is 19.8 Å². The average molecular weight is 409 g/mol. The van der Waals surface area contributed by atoms with E-state index in [2.05, 4.69) is 51.8 Å². The van der Waals surface area contributed by atoms with Crippen LogP contribution in [0.4, 0.5) is 11.5 Å². The summed E-state index contributed by atoms with van der Waals surface area (Å²) in [6.07, 6.45) is 3.43. The number of hydrogen-bond acceptors (Lipinski definition) is 3. The Kier molecular flexibility index (Phi) is 5.58. The second kappa shape index (κ2) is 8.29. The fraction of sp³-hybridized carbons (Fsp3) is 0.304. The van der Waals surface area contributed by atoms with Gasteiger partial charge in [-0.2, -0.15) is 0 Å². The van der Waals surface area contributed by atoms with Gasteiger partial charge in [-0.3, -0.25) is 4.79 Å². The Morgan fingerprint density at radius 2 is 1.79 bits per heavy atom. The molecule has 1 aliphatic rings. The Labute approximate surface area is 176 Å². The number of amides is 1. The minimum atomic E-state index is -0.00700. The van der Waals surface area contributed by atoms with Crippen LogP contribution < -0.4 is 10.2 Å². The highest BCUT2D eigenvalue weighted by Crippen LogP contribution is 2.29. The van der Waals surface area contributed by atoms with Gasteiger partial charge >= 0.3 is 0 Å². The van der Waals surface area contributed by atoms with Gasteiger partial charge in [0.2, 0.25) is 5.91 Å². The van der Waals surface area contributed by atoms with Gasteiger partial charge in [0, 0.05) is 47.3 Å². The van der Waals surface area contributed by atoms with E-state index in [1.54, 1.807) is 12.1 Å². The zero-order valence-corrected chi connectivity index (χ0v) is 17.5. The number of halogens is 1. The summed E-state index contributed by atoms with van der Waals surface area (Å²) in [6.45, 7) is 5.82. The van der Waals surface area contributed by atoms with Gasteiger partial charge in [-0.25, -0.2) is 4.98 Å². The number of carbonyl (C=O) groups excluding carboxylic acids is 1. The predicted molar refractivity (Wildman–Crippen MR) is 118 cm³/mol. The number of rotatable bonds is 4. The van der Waals surface area contributed by atoms with E-state index in [0.717, 1.165) is 43.1 Å². The van der Waals surface area contributed by atoms with Crippen molar-refractivity contribution in [2.45, 2.75) is 26.7 Å². The van der Waals surface area contributed by atoms with E-state index >= 15 is 0 Å². The zero-order chi connectivity index (χ0) is 20.4. The van der Waals surface area contributed by atoms with Crippen molar-refractivity contribution in [3.8, 4) is 5.69 Å². The average Bonchev–Trinajstić information content (AvgIpc) is 3.06. The number of carbonyl (C=O) groups is 1. The molecule has 1 amide bonds. The maximum Gasteiger partial charge on any atom is 0.227 e. The van der Waals surface area contributed by atoms with Gasteiger partial charge < -0.3 is 14.8 Å². The fourth-order valence-electron chi connectivity index (χ4n) is 4.02. The summed E-state index contributed by atoms with van der Waals surface area (Å²) in [6, 6.07) is 15.6. The lowest BCUT2D eigenvalue weighted by atomic mass is 9.95. The molecule has 0 aliphatic carbocycles. The number of pyridine rings is 1. The van der Waals surface area contributed by atoms with Crippen molar-refractivity contribution in [3.63, 3.8) is 0 Å². The monoisotopic (exact) mass is 408 g/mol. The largest absolute Gasteiger partial charge is 0.355 e. The third-order valence-corrected chi connectivity index (χ3v) is 5.77. The number of aryl methyl sites for hydroxylation is 2. The number of hydrogen-bond donors (Lipinski definition) is 1. The molecule has 1 fully saturated rings.